The first-order chi connectivity index (χ1) is 38.3. The monoisotopic (exact) mass is 1440 g/mol. The lowest BCUT2D eigenvalue weighted by atomic mass is 9.63. The molecule has 0 radical (unpaired) electrons. The van der Waals surface area contributed by atoms with E-state index in [4.69, 9.17) is 0 Å². The molecule has 532 valence electrons. The van der Waals surface area contributed by atoms with Gasteiger partial charge >= 0.3 is 89.7 Å². The summed E-state index contributed by atoms with van der Waals surface area (Å²) in [6, 6.07) is 0. The van der Waals surface area contributed by atoms with Crippen LogP contribution >= 0.6 is 0 Å². The van der Waals surface area contributed by atoms with Crippen LogP contribution in [0, 0.1) is 41.4 Å². The molecule has 0 spiro atoms. The third-order valence-electron chi connectivity index (χ3n) is 14.7. The van der Waals surface area contributed by atoms with Crippen LogP contribution in [0.2, 0.25) is 0 Å². The minimum atomic E-state index is -6.97. The van der Waals surface area contributed by atoms with Gasteiger partial charge in [-0.1, -0.05) is 6.08 Å². The van der Waals surface area contributed by atoms with Crippen LogP contribution < -0.4 is 0 Å². The first kappa shape index (κ1) is 83.7. The molecule has 6 unspecified atom stereocenters. The molecule has 0 saturated heterocycles. The molecular formula is C39H37F39O10S. The molecule has 0 aliphatic heterocycles. The number of alkyl halides is 39. The second kappa shape index (κ2) is 24.8. The maximum atomic E-state index is 13.1. The summed E-state index contributed by atoms with van der Waals surface area (Å²) >= 11 is 0. The lowest BCUT2D eigenvalue weighted by Gasteiger charge is -2.48. The summed E-state index contributed by atoms with van der Waals surface area (Å²) < 4.78 is 530. The number of aliphatic hydroxyl groups is 7. The quantitative estimate of drug-likeness (QED) is 0.0507. The van der Waals surface area contributed by atoms with Crippen LogP contribution in [-0.4, -0.2) is 170 Å². The average Bonchev–Trinajstić information content (AvgIpc) is 0.809. The number of allylic oxidation sites excluding steroid dienone is 1. The normalized spacial score (nSPS) is 26.0. The van der Waals surface area contributed by atoms with Gasteiger partial charge in [0.25, 0.3) is 33.6 Å². The number of rotatable bonds is 9. The van der Waals surface area contributed by atoms with Crippen molar-refractivity contribution in [2.45, 2.75) is 183 Å². The van der Waals surface area contributed by atoms with Gasteiger partial charge in [-0.3, -0.25) is 4.18 Å². The highest BCUT2D eigenvalue weighted by atomic mass is 32.2. The lowest BCUT2D eigenvalue weighted by Crippen LogP contribution is -2.67. The van der Waals surface area contributed by atoms with Crippen molar-refractivity contribution >= 4 is 10.1 Å². The molecule has 0 heterocycles. The SMILES string of the molecule is C=CC1CC(C(O)(C(F)(F)F)C(F)(F)F)CC(C(O)(C(F)(F)F)C(F)(F)F)C1.O=S(=O)(OC1CC(C(O)(C(F)(F)F)C(F)(F)F)CC(C(O)(C(F)(F)F)C(F)(F)F)C1)C(F)(F)F.OC1CC(C(O)(C(F)(F)F)C(F)(F)F)CC(C(O)(C(F)(F)F)C(F)(F)F)C1. The Balaban J connectivity index is 0.000000673. The lowest BCUT2D eigenvalue weighted by molar-refractivity contribution is -0.406. The third kappa shape index (κ3) is 15.6. The first-order valence-electron chi connectivity index (χ1n) is 22.7. The molecule has 10 nitrogen and oxygen atoms in total. The van der Waals surface area contributed by atoms with E-state index in [9.17, 15) is 215 Å². The molecule has 50 heteroatoms. The van der Waals surface area contributed by atoms with Crippen molar-refractivity contribution in [1.82, 2.24) is 0 Å². The fourth-order valence-electron chi connectivity index (χ4n) is 10.2. The Morgan fingerprint density at radius 2 is 0.449 bits per heavy atom. The van der Waals surface area contributed by atoms with Crippen LogP contribution in [0.15, 0.2) is 12.7 Å². The Labute approximate surface area is 467 Å². The Hall–Kier alpha value is -3.36. The fourth-order valence-corrected chi connectivity index (χ4v) is 10.8. The van der Waals surface area contributed by atoms with Gasteiger partial charge in [0.1, 0.15) is 0 Å². The van der Waals surface area contributed by atoms with E-state index in [0.717, 1.165) is 0 Å². The van der Waals surface area contributed by atoms with Crippen molar-refractivity contribution in [2.75, 3.05) is 0 Å². The predicted octanol–water partition coefficient (Wildman–Crippen LogP) is 12.7. The van der Waals surface area contributed by atoms with Gasteiger partial charge in [-0.25, -0.2) is 0 Å². The number of hydrogen-bond donors (Lipinski definition) is 7. The first-order valence-corrected chi connectivity index (χ1v) is 24.1. The van der Waals surface area contributed by atoms with E-state index in [1.165, 1.54) is 0 Å². The molecule has 0 aromatic rings. The van der Waals surface area contributed by atoms with Gasteiger partial charge in [0.15, 0.2) is 0 Å². The zero-order valence-electron chi connectivity index (χ0n) is 41.8. The maximum Gasteiger partial charge on any atom is 0.523 e. The molecule has 7 N–H and O–H groups in total. The van der Waals surface area contributed by atoms with Crippen LogP contribution in [-0.2, 0) is 14.3 Å². The van der Waals surface area contributed by atoms with Crippen molar-refractivity contribution in [2.24, 2.45) is 41.4 Å². The van der Waals surface area contributed by atoms with Gasteiger partial charge in [-0.15, -0.1) is 6.58 Å². The number of halogens is 39. The largest absolute Gasteiger partial charge is 0.523 e. The van der Waals surface area contributed by atoms with Gasteiger partial charge in [0.2, 0.25) is 0 Å². The van der Waals surface area contributed by atoms with E-state index in [-0.39, 0.29) is 0 Å². The van der Waals surface area contributed by atoms with E-state index in [1.807, 2.05) is 0 Å². The molecule has 3 fully saturated rings. The van der Waals surface area contributed by atoms with Gasteiger partial charge in [0.05, 0.1) is 12.2 Å². The second-order valence-corrected chi connectivity index (χ2v) is 21.7. The summed E-state index contributed by atoms with van der Waals surface area (Å²) in [5.41, 5.74) is -41.2. The smallest absolute Gasteiger partial charge is 0.393 e. The highest BCUT2D eigenvalue weighted by Gasteiger charge is 2.82. The van der Waals surface area contributed by atoms with E-state index >= 15 is 0 Å². The van der Waals surface area contributed by atoms with Gasteiger partial charge in [-0.2, -0.15) is 180 Å². The van der Waals surface area contributed by atoms with Crippen molar-refractivity contribution in [3.63, 3.8) is 0 Å². The maximum absolute atomic E-state index is 13.1. The highest BCUT2D eigenvalue weighted by Crippen LogP contribution is 2.62. The third-order valence-corrected chi connectivity index (χ3v) is 15.8. The molecule has 3 aliphatic rings. The number of aliphatic hydroxyl groups excluding tert-OH is 1. The van der Waals surface area contributed by atoms with Gasteiger partial charge < -0.3 is 35.7 Å². The van der Waals surface area contributed by atoms with Crippen LogP contribution in [0.25, 0.3) is 0 Å². The zero-order valence-corrected chi connectivity index (χ0v) is 42.7. The molecule has 6 atom stereocenters. The molecule has 0 aromatic heterocycles. The Morgan fingerprint density at radius 1 is 0.292 bits per heavy atom. The Morgan fingerprint density at radius 3 is 0.596 bits per heavy atom. The van der Waals surface area contributed by atoms with E-state index < -0.39 is 235 Å². The van der Waals surface area contributed by atoms with Crippen molar-refractivity contribution in [3.8, 4) is 0 Å². The Kier molecular flexibility index (Phi) is 23.3. The zero-order chi connectivity index (χ0) is 72.0. The van der Waals surface area contributed by atoms with Crippen molar-refractivity contribution in [3.05, 3.63) is 12.7 Å². The number of hydrogen-bond acceptors (Lipinski definition) is 10. The molecule has 89 heavy (non-hydrogen) atoms. The van der Waals surface area contributed by atoms with Crippen molar-refractivity contribution in [1.29, 1.82) is 0 Å². The predicted molar refractivity (Wildman–Crippen MR) is 204 cm³/mol. The van der Waals surface area contributed by atoms with Crippen molar-refractivity contribution < 1.29 is 220 Å². The standard InChI is InChI=1S/C14H14F12O2.C13H11F15O5S.C12H12F12O3/c1-2-6-3-7(9(27,11(15,16)17)12(18,19)20)5-8(4-6)10(28,13(21,22)23)14(24,25)26;14-9(15,16)7(29,10(17,18)19)4-1-5(8(30,11(20,21)22)12(23,24)25)3-6(2-4)33-34(31,32)13(26,27)28;13-9(14,15)7(26,10(16,17)18)4-1-5(3-6(25)2-4)8(27,11(19,20)21)12(22,23)24/h2,6-8,27-28H,1,3-5H2;4-6,29-30H,1-3H2;4-6,25-27H,1-3H2. The summed E-state index contributed by atoms with van der Waals surface area (Å²) in [5, 5.41) is 65.2. The van der Waals surface area contributed by atoms with Crippen LogP contribution in [0.3, 0.4) is 0 Å². The molecule has 0 bridgehead atoms. The van der Waals surface area contributed by atoms with E-state index in [2.05, 4.69) is 10.8 Å². The second-order valence-electron chi connectivity index (χ2n) is 20.1. The molecule has 3 saturated carbocycles. The molecule has 0 amide bonds. The van der Waals surface area contributed by atoms with Crippen LogP contribution in [0.1, 0.15) is 57.8 Å². The van der Waals surface area contributed by atoms with Crippen LogP contribution in [0.4, 0.5) is 171 Å². The minimum absolute atomic E-state index is 0.583. The summed E-state index contributed by atoms with van der Waals surface area (Å²) in [4.78, 5) is 0. The minimum Gasteiger partial charge on any atom is -0.393 e. The van der Waals surface area contributed by atoms with E-state index in [1.54, 1.807) is 0 Å². The molecule has 3 rings (SSSR count). The van der Waals surface area contributed by atoms with E-state index in [0.29, 0.717) is 6.08 Å². The summed E-state index contributed by atoms with van der Waals surface area (Å²) in [5.74, 6) is -22.3. The van der Waals surface area contributed by atoms with Gasteiger partial charge in [0, 0.05) is 35.5 Å². The summed E-state index contributed by atoms with van der Waals surface area (Å²) in [6.45, 7) is 2.98. The molecular weight excluding hydrogens is 1400 g/mol. The molecule has 3 aliphatic carbocycles. The summed E-state index contributed by atoms with van der Waals surface area (Å²) in [6.07, 6.45) is -101. The fraction of sp³-hybridized carbons (Fsp3) is 0.949. The highest BCUT2D eigenvalue weighted by molar-refractivity contribution is 7.87. The molecule has 0 aromatic carbocycles. The van der Waals surface area contributed by atoms with Gasteiger partial charge in [-0.05, 0) is 63.7 Å². The van der Waals surface area contributed by atoms with Crippen LogP contribution in [0.5, 0.6) is 0 Å². The Bertz CT molecular complexity index is 2250. The average molecular weight is 1440 g/mol. The topological polar surface area (TPSA) is 185 Å². The summed E-state index contributed by atoms with van der Waals surface area (Å²) in [7, 11) is -6.97.